The van der Waals surface area contributed by atoms with Crippen LogP contribution in [0, 0.1) is 5.41 Å². The number of nitrogens with one attached hydrogen (secondary N) is 3. The standard InChI is InChI=1S/C18H33N3O3/c1-12(2)20-15(22)11-19-13-6-8-18(9-7-13)10-14(18)21-16(23)24-17(3,4)5/h12-14,19H,6-11H2,1-5H3,(H,20,22)(H,21,23)/t13?,14-,18?/m0/s1. The Morgan fingerprint density at radius 3 is 2.38 bits per heavy atom. The molecule has 0 bridgehead atoms. The molecule has 0 aliphatic heterocycles. The number of carbonyl (C=O) groups is 2. The summed E-state index contributed by atoms with van der Waals surface area (Å²) in [6.45, 7) is 9.94. The molecule has 0 heterocycles. The molecule has 1 spiro atoms. The van der Waals surface area contributed by atoms with Crippen molar-refractivity contribution in [1.82, 2.24) is 16.0 Å². The molecule has 0 unspecified atom stereocenters. The molecular weight excluding hydrogens is 306 g/mol. The second-order valence-electron chi connectivity index (χ2n) is 8.64. The molecule has 0 saturated heterocycles. The Bertz CT molecular complexity index is 463. The average molecular weight is 339 g/mol. The van der Waals surface area contributed by atoms with Crippen molar-refractivity contribution in [2.24, 2.45) is 5.41 Å². The lowest BCUT2D eigenvalue weighted by atomic mass is 9.82. The van der Waals surface area contributed by atoms with E-state index in [2.05, 4.69) is 16.0 Å². The largest absolute Gasteiger partial charge is 0.444 e. The van der Waals surface area contributed by atoms with Gasteiger partial charge in [-0.1, -0.05) is 0 Å². The fourth-order valence-electron chi connectivity index (χ4n) is 3.56. The molecule has 0 radical (unpaired) electrons. The minimum absolute atomic E-state index is 0.0566. The lowest BCUT2D eigenvalue weighted by Gasteiger charge is -2.30. The van der Waals surface area contributed by atoms with Crippen molar-refractivity contribution in [2.45, 2.75) is 90.4 Å². The van der Waals surface area contributed by atoms with Gasteiger partial charge in [-0.2, -0.15) is 0 Å². The zero-order valence-electron chi connectivity index (χ0n) is 15.7. The van der Waals surface area contributed by atoms with Crippen LogP contribution in [0.3, 0.4) is 0 Å². The number of carbonyl (C=O) groups excluding carboxylic acids is 2. The van der Waals surface area contributed by atoms with Crippen LogP contribution in [0.15, 0.2) is 0 Å². The van der Waals surface area contributed by atoms with Crippen molar-refractivity contribution in [3.63, 3.8) is 0 Å². The van der Waals surface area contributed by atoms with E-state index in [0.29, 0.717) is 12.6 Å². The van der Waals surface area contributed by atoms with Crippen molar-refractivity contribution >= 4 is 12.0 Å². The van der Waals surface area contributed by atoms with Gasteiger partial charge >= 0.3 is 6.09 Å². The van der Waals surface area contributed by atoms with Crippen LogP contribution >= 0.6 is 0 Å². The normalized spacial score (nSPS) is 29.4. The number of hydrogen-bond donors (Lipinski definition) is 3. The Balaban J connectivity index is 1.67. The smallest absolute Gasteiger partial charge is 0.407 e. The molecule has 2 aliphatic carbocycles. The summed E-state index contributed by atoms with van der Waals surface area (Å²) in [6, 6.07) is 0.828. The molecule has 1 atom stereocenters. The van der Waals surface area contributed by atoms with E-state index in [4.69, 9.17) is 4.74 Å². The van der Waals surface area contributed by atoms with Crippen LogP contribution < -0.4 is 16.0 Å². The topological polar surface area (TPSA) is 79.5 Å². The van der Waals surface area contributed by atoms with E-state index >= 15 is 0 Å². The Morgan fingerprint density at radius 2 is 1.83 bits per heavy atom. The van der Waals surface area contributed by atoms with Gasteiger partial charge in [-0.15, -0.1) is 0 Å². The summed E-state index contributed by atoms with van der Waals surface area (Å²) >= 11 is 0. The molecule has 138 valence electrons. The average Bonchev–Trinajstić information content (AvgIpc) is 3.07. The highest BCUT2D eigenvalue weighted by Crippen LogP contribution is 2.56. The minimum atomic E-state index is -0.454. The monoisotopic (exact) mass is 339 g/mol. The molecule has 0 aromatic rings. The van der Waals surface area contributed by atoms with Crippen molar-refractivity contribution in [3.05, 3.63) is 0 Å². The number of rotatable bonds is 5. The lowest BCUT2D eigenvalue weighted by molar-refractivity contribution is -0.120. The highest BCUT2D eigenvalue weighted by molar-refractivity contribution is 5.78. The highest BCUT2D eigenvalue weighted by atomic mass is 16.6. The number of hydrogen-bond acceptors (Lipinski definition) is 4. The molecule has 2 amide bonds. The van der Waals surface area contributed by atoms with Gasteiger partial charge in [0.05, 0.1) is 6.54 Å². The first kappa shape index (κ1) is 19.0. The summed E-state index contributed by atoms with van der Waals surface area (Å²) in [5, 5.41) is 9.26. The molecule has 24 heavy (non-hydrogen) atoms. The zero-order chi connectivity index (χ0) is 18.0. The maximum atomic E-state index is 11.9. The predicted molar refractivity (Wildman–Crippen MR) is 93.7 cm³/mol. The molecule has 6 heteroatoms. The van der Waals surface area contributed by atoms with Gasteiger partial charge in [0.25, 0.3) is 0 Å². The van der Waals surface area contributed by atoms with Gasteiger partial charge in [0.15, 0.2) is 0 Å². The first-order valence-corrected chi connectivity index (χ1v) is 9.12. The van der Waals surface area contributed by atoms with E-state index < -0.39 is 5.60 Å². The molecule has 0 aromatic heterocycles. The third-order valence-electron chi connectivity index (χ3n) is 4.86. The van der Waals surface area contributed by atoms with E-state index in [1.807, 2.05) is 34.6 Å². The molecule has 2 rings (SSSR count). The van der Waals surface area contributed by atoms with E-state index in [-0.39, 0.29) is 29.5 Å². The van der Waals surface area contributed by atoms with Crippen molar-refractivity contribution in [3.8, 4) is 0 Å². The van der Waals surface area contributed by atoms with Crippen LogP contribution in [0.2, 0.25) is 0 Å². The highest BCUT2D eigenvalue weighted by Gasteiger charge is 2.55. The molecule has 2 saturated carbocycles. The first-order valence-electron chi connectivity index (χ1n) is 9.12. The van der Waals surface area contributed by atoms with E-state index in [0.717, 1.165) is 32.1 Å². The molecule has 2 aliphatic rings. The fourth-order valence-corrected chi connectivity index (χ4v) is 3.56. The molecular formula is C18H33N3O3. The van der Waals surface area contributed by atoms with Crippen LogP contribution in [-0.4, -0.2) is 42.3 Å². The summed E-state index contributed by atoms with van der Waals surface area (Å²) in [4.78, 5) is 23.6. The summed E-state index contributed by atoms with van der Waals surface area (Å²) < 4.78 is 5.33. The van der Waals surface area contributed by atoms with Crippen LogP contribution in [0.25, 0.3) is 0 Å². The maximum Gasteiger partial charge on any atom is 0.407 e. The summed E-state index contributed by atoms with van der Waals surface area (Å²) in [7, 11) is 0. The minimum Gasteiger partial charge on any atom is -0.444 e. The van der Waals surface area contributed by atoms with Gasteiger partial charge in [0, 0.05) is 18.1 Å². The third-order valence-corrected chi connectivity index (χ3v) is 4.86. The van der Waals surface area contributed by atoms with Gasteiger partial charge in [-0.25, -0.2) is 4.79 Å². The van der Waals surface area contributed by atoms with Crippen molar-refractivity contribution < 1.29 is 14.3 Å². The quantitative estimate of drug-likeness (QED) is 0.718. The molecule has 6 nitrogen and oxygen atoms in total. The predicted octanol–water partition coefficient (Wildman–Crippen LogP) is 2.33. The van der Waals surface area contributed by atoms with Crippen molar-refractivity contribution in [2.75, 3.05) is 6.54 Å². The van der Waals surface area contributed by atoms with Gasteiger partial charge < -0.3 is 20.7 Å². The number of amides is 2. The van der Waals surface area contributed by atoms with E-state index in [9.17, 15) is 9.59 Å². The van der Waals surface area contributed by atoms with E-state index in [1.165, 1.54) is 0 Å². The molecule has 3 N–H and O–H groups in total. The Morgan fingerprint density at radius 1 is 1.21 bits per heavy atom. The number of ether oxygens (including phenoxy) is 1. The first-order chi connectivity index (χ1) is 11.1. The van der Waals surface area contributed by atoms with Crippen LogP contribution in [0.5, 0.6) is 0 Å². The second-order valence-corrected chi connectivity index (χ2v) is 8.64. The summed E-state index contributed by atoms with van der Waals surface area (Å²) in [5.41, 5.74) is -0.195. The molecule has 2 fully saturated rings. The van der Waals surface area contributed by atoms with Crippen LogP contribution in [0.4, 0.5) is 4.79 Å². The van der Waals surface area contributed by atoms with Gasteiger partial charge in [0.1, 0.15) is 5.60 Å². The van der Waals surface area contributed by atoms with Gasteiger partial charge in [-0.3, -0.25) is 4.79 Å². The molecule has 0 aromatic carbocycles. The number of alkyl carbamates (subject to hydrolysis) is 1. The van der Waals surface area contributed by atoms with Gasteiger partial charge in [0.2, 0.25) is 5.91 Å². The Labute approximate surface area is 145 Å². The second kappa shape index (κ2) is 7.30. The fraction of sp³-hybridized carbons (Fsp3) is 0.889. The maximum absolute atomic E-state index is 11.9. The lowest BCUT2D eigenvalue weighted by Crippen LogP contribution is -2.43. The summed E-state index contributed by atoms with van der Waals surface area (Å²) in [5.74, 6) is 0.0566. The zero-order valence-corrected chi connectivity index (χ0v) is 15.7. The van der Waals surface area contributed by atoms with Gasteiger partial charge in [-0.05, 0) is 72.1 Å². The van der Waals surface area contributed by atoms with E-state index in [1.54, 1.807) is 0 Å². The Kier molecular flexibility index (Phi) is 5.78. The van der Waals surface area contributed by atoms with Crippen LogP contribution in [-0.2, 0) is 9.53 Å². The van der Waals surface area contributed by atoms with Crippen molar-refractivity contribution in [1.29, 1.82) is 0 Å². The van der Waals surface area contributed by atoms with Crippen LogP contribution in [0.1, 0.15) is 66.7 Å². The SMILES string of the molecule is CC(C)NC(=O)CNC1CCC2(CC1)C[C@@H]2NC(=O)OC(C)(C)C. The summed E-state index contributed by atoms with van der Waals surface area (Å²) in [6.07, 6.45) is 5.04. The Hall–Kier alpha value is -1.30. The third kappa shape index (κ3) is 5.65.